The first kappa shape index (κ1) is 10.7. The summed E-state index contributed by atoms with van der Waals surface area (Å²) in [5.41, 5.74) is 2.40. The average molecular weight is 239 g/mol. The molecular formula is C9H9N3O3S. The standard InChI is InChI=1S/C9H9N3O3S/c13-9(6-1-2-6)11-10-5-7-3-4-8(16-7)12(14)15/h3-6H,1-2H2,(H,11,13)/b10-5+. The summed E-state index contributed by atoms with van der Waals surface area (Å²) in [6, 6.07) is 3.00. The van der Waals surface area contributed by atoms with Gasteiger partial charge >= 0.3 is 5.00 Å². The highest BCUT2D eigenvalue weighted by Gasteiger charge is 2.29. The van der Waals surface area contributed by atoms with Gasteiger partial charge in [-0.2, -0.15) is 5.10 Å². The van der Waals surface area contributed by atoms with Crippen LogP contribution in [0.3, 0.4) is 0 Å². The fourth-order valence-electron chi connectivity index (χ4n) is 1.11. The van der Waals surface area contributed by atoms with Gasteiger partial charge in [0.2, 0.25) is 5.91 Å². The Morgan fingerprint density at radius 1 is 1.62 bits per heavy atom. The van der Waals surface area contributed by atoms with E-state index >= 15 is 0 Å². The Morgan fingerprint density at radius 2 is 2.38 bits per heavy atom. The van der Waals surface area contributed by atoms with Gasteiger partial charge < -0.3 is 0 Å². The maximum Gasteiger partial charge on any atom is 0.324 e. The zero-order valence-electron chi connectivity index (χ0n) is 8.25. The van der Waals surface area contributed by atoms with Gasteiger partial charge in [0.05, 0.1) is 16.0 Å². The van der Waals surface area contributed by atoms with Gasteiger partial charge in [-0.05, 0) is 18.9 Å². The number of carbonyl (C=O) groups excluding carboxylic acids is 1. The van der Waals surface area contributed by atoms with Crippen LogP contribution in [-0.4, -0.2) is 17.0 Å². The maximum atomic E-state index is 11.2. The number of nitrogens with one attached hydrogen (secondary N) is 1. The van der Waals surface area contributed by atoms with Crippen molar-refractivity contribution in [2.24, 2.45) is 11.0 Å². The van der Waals surface area contributed by atoms with Gasteiger partial charge in [-0.15, -0.1) is 0 Å². The Morgan fingerprint density at radius 3 is 2.94 bits per heavy atom. The van der Waals surface area contributed by atoms with Crippen LogP contribution in [-0.2, 0) is 4.79 Å². The second-order valence-corrected chi connectivity index (χ2v) is 4.54. The van der Waals surface area contributed by atoms with Gasteiger partial charge in [0, 0.05) is 12.0 Å². The molecular weight excluding hydrogens is 230 g/mol. The SMILES string of the molecule is O=C(N/N=C/c1ccc([N+](=O)[O-])s1)C1CC1. The number of amides is 1. The van der Waals surface area contributed by atoms with E-state index in [2.05, 4.69) is 10.5 Å². The van der Waals surface area contributed by atoms with Gasteiger partial charge in [-0.25, -0.2) is 5.43 Å². The Labute approximate surface area is 95.1 Å². The third kappa shape index (κ3) is 2.63. The largest absolute Gasteiger partial charge is 0.324 e. The van der Waals surface area contributed by atoms with Gasteiger partial charge in [0.1, 0.15) is 0 Å². The third-order valence-electron chi connectivity index (χ3n) is 2.11. The van der Waals surface area contributed by atoms with Crippen molar-refractivity contribution in [2.45, 2.75) is 12.8 Å². The van der Waals surface area contributed by atoms with E-state index in [9.17, 15) is 14.9 Å². The van der Waals surface area contributed by atoms with Crippen LogP contribution in [0, 0.1) is 16.0 Å². The molecule has 0 atom stereocenters. The molecule has 1 aliphatic rings. The van der Waals surface area contributed by atoms with Crippen LogP contribution in [0.15, 0.2) is 17.2 Å². The fraction of sp³-hybridized carbons (Fsp3) is 0.333. The van der Waals surface area contributed by atoms with Crippen LogP contribution >= 0.6 is 11.3 Å². The van der Waals surface area contributed by atoms with Crippen LogP contribution in [0.2, 0.25) is 0 Å². The van der Waals surface area contributed by atoms with Crippen molar-refractivity contribution < 1.29 is 9.72 Å². The normalized spacial score (nSPS) is 15.2. The summed E-state index contributed by atoms with van der Waals surface area (Å²) in [5, 5.41) is 14.2. The molecule has 0 aliphatic heterocycles. The van der Waals surface area contributed by atoms with E-state index in [4.69, 9.17) is 0 Å². The van der Waals surface area contributed by atoms with Crippen molar-refractivity contribution in [1.82, 2.24) is 5.43 Å². The molecule has 1 amide bonds. The van der Waals surface area contributed by atoms with Gasteiger partial charge in [-0.3, -0.25) is 14.9 Å². The lowest BCUT2D eigenvalue weighted by Crippen LogP contribution is -2.18. The number of carbonyl (C=O) groups is 1. The number of rotatable bonds is 4. The Bertz CT molecular complexity index is 451. The van der Waals surface area contributed by atoms with E-state index < -0.39 is 4.92 Å². The number of nitrogens with zero attached hydrogens (tertiary/aromatic N) is 2. The molecule has 0 aromatic carbocycles. The summed E-state index contributed by atoms with van der Waals surface area (Å²) in [6.07, 6.45) is 3.26. The van der Waals surface area contributed by atoms with Gasteiger partial charge in [0.25, 0.3) is 0 Å². The van der Waals surface area contributed by atoms with Crippen molar-refractivity contribution in [2.75, 3.05) is 0 Å². The van der Waals surface area contributed by atoms with E-state index in [1.165, 1.54) is 12.3 Å². The van der Waals surface area contributed by atoms with Crippen molar-refractivity contribution >= 4 is 28.5 Å². The average Bonchev–Trinajstić information content (AvgIpc) is 2.98. The monoisotopic (exact) mass is 239 g/mol. The first-order valence-electron chi connectivity index (χ1n) is 4.74. The molecule has 0 radical (unpaired) electrons. The van der Waals surface area contributed by atoms with E-state index in [1.807, 2.05) is 0 Å². The molecule has 1 fully saturated rings. The summed E-state index contributed by atoms with van der Waals surface area (Å²) in [7, 11) is 0. The third-order valence-corrected chi connectivity index (χ3v) is 3.08. The first-order valence-corrected chi connectivity index (χ1v) is 5.55. The lowest BCUT2D eigenvalue weighted by Gasteiger charge is -1.93. The van der Waals surface area contributed by atoms with Crippen LogP contribution < -0.4 is 5.43 Å². The molecule has 16 heavy (non-hydrogen) atoms. The summed E-state index contributed by atoms with van der Waals surface area (Å²) in [5.74, 6) is 0.0251. The first-order chi connectivity index (χ1) is 7.66. The lowest BCUT2D eigenvalue weighted by molar-refractivity contribution is -0.380. The number of hydrogen-bond donors (Lipinski definition) is 1. The lowest BCUT2D eigenvalue weighted by atomic mass is 10.4. The molecule has 84 valence electrons. The topological polar surface area (TPSA) is 84.6 Å². The van der Waals surface area contributed by atoms with E-state index in [1.54, 1.807) is 6.07 Å². The molecule has 1 heterocycles. The quantitative estimate of drug-likeness (QED) is 0.491. The summed E-state index contributed by atoms with van der Waals surface area (Å²) in [6.45, 7) is 0. The maximum absolute atomic E-state index is 11.2. The molecule has 0 saturated heterocycles. The second-order valence-electron chi connectivity index (χ2n) is 3.44. The van der Waals surface area contributed by atoms with Crippen LogP contribution in [0.1, 0.15) is 17.7 Å². The number of thiophene rings is 1. The summed E-state index contributed by atoms with van der Waals surface area (Å²) >= 11 is 1.02. The molecule has 0 unspecified atom stereocenters. The van der Waals surface area contributed by atoms with Crippen molar-refractivity contribution in [3.05, 3.63) is 27.1 Å². The van der Waals surface area contributed by atoms with E-state index in [0.717, 1.165) is 24.2 Å². The number of hydrogen-bond acceptors (Lipinski definition) is 5. The van der Waals surface area contributed by atoms with Gasteiger partial charge in [0.15, 0.2) is 0 Å². The van der Waals surface area contributed by atoms with Crippen molar-refractivity contribution in [3.63, 3.8) is 0 Å². The molecule has 1 aromatic rings. The summed E-state index contributed by atoms with van der Waals surface area (Å²) < 4.78 is 0. The Balaban J connectivity index is 1.89. The fourth-order valence-corrected chi connectivity index (χ4v) is 1.80. The molecule has 1 N–H and O–H groups in total. The molecule has 2 rings (SSSR count). The highest BCUT2D eigenvalue weighted by Crippen LogP contribution is 2.28. The molecule has 1 aliphatic carbocycles. The predicted octanol–water partition coefficient (Wildman–Crippen LogP) is 1.52. The van der Waals surface area contributed by atoms with Crippen molar-refractivity contribution in [1.29, 1.82) is 0 Å². The molecule has 1 saturated carbocycles. The van der Waals surface area contributed by atoms with Crippen LogP contribution in [0.25, 0.3) is 0 Å². The minimum atomic E-state index is -0.454. The minimum Gasteiger partial charge on any atom is -0.273 e. The molecule has 0 spiro atoms. The molecule has 0 bridgehead atoms. The Kier molecular flexibility index (Phi) is 2.95. The zero-order chi connectivity index (χ0) is 11.5. The number of hydrazone groups is 1. The van der Waals surface area contributed by atoms with Crippen molar-refractivity contribution in [3.8, 4) is 0 Å². The predicted molar refractivity (Wildman–Crippen MR) is 59.4 cm³/mol. The van der Waals surface area contributed by atoms with Crippen LogP contribution in [0.5, 0.6) is 0 Å². The molecule has 1 aromatic heterocycles. The number of nitro groups is 1. The Hall–Kier alpha value is -1.76. The smallest absolute Gasteiger partial charge is 0.273 e. The second kappa shape index (κ2) is 4.40. The summed E-state index contributed by atoms with van der Waals surface area (Å²) in [4.78, 5) is 21.8. The van der Waals surface area contributed by atoms with E-state index in [0.29, 0.717) is 4.88 Å². The van der Waals surface area contributed by atoms with E-state index in [-0.39, 0.29) is 16.8 Å². The highest BCUT2D eigenvalue weighted by atomic mass is 32.1. The van der Waals surface area contributed by atoms with Gasteiger partial charge in [-0.1, -0.05) is 11.3 Å². The molecule has 7 heteroatoms. The highest BCUT2D eigenvalue weighted by molar-refractivity contribution is 7.16. The molecule has 6 nitrogen and oxygen atoms in total. The van der Waals surface area contributed by atoms with Crippen LogP contribution in [0.4, 0.5) is 5.00 Å². The minimum absolute atomic E-state index is 0.0648. The zero-order valence-corrected chi connectivity index (χ0v) is 9.07.